The number of likely N-dealkylation sites (tertiary alicyclic amines) is 5. The van der Waals surface area contributed by atoms with Gasteiger partial charge in [0, 0.05) is 165 Å². The molecular weight excluding hydrogens is 1760 g/mol. The maximum atomic E-state index is 13.1. The number of nitrogens with one attached hydrogen (secondary N) is 5. The Hall–Kier alpha value is -8.28. The van der Waals surface area contributed by atoms with Gasteiger partial charge in [0.05, 0.1) is 103 Å². The van der Waals surface area contributed by atoms with E-state index in [4.69, 9.17) is 67.5 Å². The Morgan fingerprint density at radius 2 is 0.641 bits per heavy atom. The highest BCUT2D eigenvalue weighted by Crippen LogP contribution is 2.69. The minimum absolute atomic E-state index is 0.0679. The SMILES string of the molecule is C=C(OC)N1CCC(C(C)(C)[C@H](O)c2cc(Cl)cc3cn[nH]c23)CC1.CC(=O)N1CCC(C(C)(C)[C@H](O)c2cc(Cl)cc3cn[nH]c23)CC1.CC(C)(C1CCN(C(=O)C2C(C)(C)C2(C)C)CC1)[C@H](O)c1cc(Cl)cc2cn[nH]c12.CCCC(=O)N1CCC(C(C)(C)[C@H](O)c2cc(Cl)cc3cn[nH]c23)CC1.CCOC(=O)N1CCC(C(C)(C)[C@H](O)c2cc(Cl)cc3cn[nH]c23)CC1. The highest BCUT2D eigenvalue weighted by molar-refractivity contribution is 6.33. The van der Waals surface area contributed by atoms with Crippen molar-refractivity contribution >= 4 is 136 Å². The number of H-pyrrole nitrogens is 5. The molecular formula is C100H138Cl5N15O11. The fourth-order valence-electron chi connectivity index (χ4n) is 21.5. The quantitative estimate of drug-likeness (QED) is 0.0299. The number of carbonyl (C=O) groups excluding carboxylic acids is 4. The van der Waals surface area contributed by atoms with E-state index in [1.165, 1.54) is 0 Å². The molecule has 131 heavy (non-hydrogen) atoms. The molecule has 31 heteroatoms. The number of piperidine rings is 5. The van der Waals surface area contributed by atoms with Crippen molar-refractivity contribution < 1.29 is 54.2 Å². The van der Waals surface area contributed by atoms with Crippen LogP contribution in [0.4, 0.5) is 4.79 Å². The maximum absolute atomic E-state index is 13.1. The number of methoxy groups -OCH3 is 1. The second-order valence-corrected chi connectivity index (χ2v) is 43.4. The fraction of sp³-hybridized carbons (Fsp3) is 0.590. The summed E-state index contributed by atoms with van der Waals surface area (Å²) in [4.78, 5) is 58.4. The van der Waals surface area contributed by atoms with Crippen LogP contribution in [0.3, 0.4) is 0 Å². The first-order chi connectivity index (χ1) is 61.7. The zero-order chi connectivity index (χ0) is 95.5. The summed E-state index contributed by atoms with van der Waals surface area (Å²) >= 11 is 31.2. The number of carbonyl (C=O) groups is 4. The van der Waals surface area contributed by atoms with Crippen LogP contribution in [0.15, 0.2) is 104 Å². The van der Waals surface area contributed by atoms with Crippen LogP contribution in [0.2, 0.25) is 25.1 Å². The third kappa shape index (κ3) is 21.8. The summed E-state index contributed by atoms with van der Waals surface area (Å²) in [5, 5.41) is 99.0. The molecule has 6 fully saturated rings. The van der Waals surface area contributed by atoms with Crippen LogP contribution in [-0.4, -0.2) is 204 Å². The van der Waals surface area contributed by atoms with Gasteiger partial charge in [-0.05, 0) is 212 Å². The van der Waals surface area contributed by atoms with E-state index in [0.29, 0.717) is 86.7 Å². The number of nitrogens with zero attached hydrogens (tertiary/aromatic N) is 10. The molecule has 5 saturated heterocycles. The summed E-state index contributed by atoms with van der Waals surface area (Å²) in [6.07, 6.45) is 15.6. The molecule has 714 valence electrons. The van der Waals surface area contributed by atoms with Crippen LogP contribution in [0, 0.1) is 73.4 Å². The third-order valence-corrected chi connectivity index (χ3v) is 32.5. The maximum Gasteiger partial charge on any atom is 0.409 e. The van der Waals surface area contributed by atoms with Crippen molar-refractivity contribution in [3.8, 4) is 0 Å². The zero-order valence-electron chi connectivity index (χ0n) is 79.5. The molecule has 0 radical (unpaired) electrons. The van der Waals surface area contributed by atoms with Crippen molar-refractivity contribution in [1.29, 1.82) is 0 Å². The van der Waals surface area contributed by atoms with E-state index in [9.17, 15) is 44.7 Å². The molecule has 5 aromatic heterocycles. The third-order valence-electron chi connectivity index (χ3n) is 31.4. The first kappa shape index (κ1) is 102. The lowest BCUT2D eigenvalue weighted by atomic mass is 9.68. The summed E-state index contributed by atoms with van der Waals surface area (Å²) in [6, 6.07) is 18.4. The van der Waals surface area contributed by atoms with Gasteiger partial charge in [-0.2, -0.15) is 25.5 Å². The van der Waals surface area contributed by atoms with Crippen molar-refractivity contribution in [2.24, 2.45) is 73.4 Å². The van der Waals surface area contributed by atoms with E-state index in [-0.39, 0.29) is 67.6 Å². The van der Waals surface area contributed by atoms with Gasteiger partial charge in [0.2, 0.25) is 17.7 Å². The lowest BCUT2D eigenvalue weighted by molar-refractivity contribution is -0.136. The molecule has 1 aliphatic carbocycles. The first-order valence-corrected chi connectivity index (χ1v) is 48.4. The lowest BCUT2D eigenvalue weighted by Gasteiger charge is -2.44. The van der Waals surface area contributed by atoms with Gasteiger partial charge in [0.15, 0.2) is 5.88 Å². The molecule has 0 unspecified atom stereocenters. The van der Waals surface area contributed by atoms with Crippen molar-refractivity contribution in [2.75, 3.05) is 79.2 Å². The number of hydrogen-bond donors (Lipinski definition) is 10. The number of aliphatic hydroxyl groups excluding tert-OH is 5. The number of amides is 4. The molecule has 10 heterocycles. The van der Waals surface area contributed by atoms with Crippen LogP contribution >= 0.6 is 58.0 Å². The molecule has 4 amide bonds. The number of ether oxygens (including phenoxy) is 2. The van der Waals surface area contributed by atoms with Crippen LogP contribution in [0.25, 0.3) is 54.5 Å². The molecule has 6 aliphatic rings. The van der Waals surface area contributed by atoms with E-state index in [1.807, 2.05) is 89.2 Å². The van der Waals surface area contributed by atoms with Crippen LogP contribution in [0.1, 0.15) is 253 Å². The topological polar surface area (TPSA) is 347 Å². The van der Waals surface area contributed by atoms with Crippen molar-refractivity contribution in [3.05, 3.63) is 157 Å². The number of fused-ring (bicyclic) bond motifs is 5. The first-order valence-electron chi connectivity index (χ1n) is 46.5. The average Bonchev–Trinajstić information content (AvgIpc) is 1.53. The molecule has 1 saturated carbocycles. The van der Waals surface area contributed by atoms with Gasteiger partial charge in [-0.25, -0.2) is 4.79 Å². The number of rotatable bonds is 21. The van der Waals surface area contributed by atoms with Crippen LogP contribution < -0.4 is 0 Å². The average molecular weight is 1900 g/mol. The molecule has 5 atom stereocenters. The number of halogens is 5. The molecule has 0 bridgehead atoms. The molecule has 0 spiro atoms. The van der Waals surface area contributed by atoms with E-state index >= 15 is 0 Å². The minimum atomic E-state index is -0.691. The number of aromatic amines is 5. The standard InChI is InChI=1S/C24H34ClN3O2.C20H28ClN3O2.C19H26ClN3O3.C19H26ClN3O2.C18H24ClN3O2/c1-22(2,20(29)17-12-16(25)11-14-13-26-27-18(14)17)15-7-9-28(10-8-15)21(30)19-23(3,4)24(19,5)6;1-4-5-17(25)24-8-6-14(7-9-24)20(2,3)19(26)16-11-15(21)10-13-12-22-23-18(13)16;1-4-26-18(25)23-7-5-13(6-8-23)19(2,3)17(24)15-10-14(20)9-12-11-21-22-16(12)15;1-12(25-4)23-7-5-14(6-8-23)19(2,3)18(24)16-10-15(20)9-13-11-21-22-17(13)16;1-11(23)22-6-4-13(5-7-22)18(2,3)17(24)15-9-14(19)8-12-10-20-21-16(12)15/h11-13,15,19-20,29H,7-10H2,1-6H3,(H,26,27);10-12,14,19,26H,4-9H2,1-3H3,(H,22,23);9-11,13,17,24H,4-8H2,1-3H3,(H,21,22);9-11,14,18,24H,1,5-8H2,2-4H3,(H,21,22);8-10,13,17,24H,4-7H2,1-3H3,(H,20,21)/t20-;19-;17-;18-;17-/m11111/s1. The Kier molecular flexibility index (Phi) is 32.2. The Bertz CT molecular complexity index is 5470. The smallest absolute Gasteiger partial charge is 0.409 e. The van der Waals surface area contributed by atoms with Crippen LogP contribution in [-0.2, 0) is 23.9 Å². The highest BCUT2D eigenvalue weighted by Gasteiger charge is 2.69. The second-order valence-electron chi connectivity index (χ2n) is 41.2. The fourth-order valence-corrected chi connectivity index (χ4v) is 22.7. The predicted molar refractivity (Wildman–Crippen MR) is 521 cm³/mol. The van der Waals surface area contributed by atoms with Crippen LogP contribution in [0.5, 0.6) is 0 Å². The summed E-state index contributed by atoms with van der Waals surface area (Å²) in [5.74, 6) is 3.15. The van der Waals surface area contributed by atoms with Gasteiger partial charge >= 0.3 is 6.09 Å². The number of aliphatic hydroxyl groups is 5. The molecule has 16 rings (SSSR count). The lowest BCUT2D eigenvalue weighted by Crippen LogP contribution is -2.44. The molecule has 5 aliphatic heterocycles. The molecule has 10 N–H and O–H groups in total. The van der Waals surface area contributed by atoms with Crippen molar-refractivity contribution in [1.82, 2.24) is 75.5 Å². The Morgan fingerprint density at radius 3 is 0.870 bits per heavy atom. The second kappa shape index (κ2) is 41.5. The van der Waals surface area contributed by atoms with Gasteiger partial charge in [-0.15, -0.1) is 0 Å². The highest BCUT2D eigenvalue weighted by atomic mass is 35.5. The predicted octanol–water partition coefficient (Wildman–Crippen LogP) is 21.3. The Morgan fingerprint density at radius 1 is 0.405 bits per heavy atom. The van der Waals surface area contributed by atoms with Gasteiger partial charge in [0.25, 0.3) is 0 Å². The van der Waals surface area contributed by atoms with Gasteiger partial charge < -0.3 is 59.5 Å². The molecule has 10 aromatic rings. The van der Waals surface area contributed by atoms with Gasteiger partial charge in [-0.1, -0.05) is 162 Å². The van der Waals surface area contributed by atoms with E-state index < -0.39 is 30.5 Å². The number of benzene rings is 5. The summed E-state index contributed by atoms with van der Waals surface area (Å²) in [5.41, 5.74) is 6.60. The largest absolute Gasteiger partial charge is 0.483 e. The summed E-state index contributed by atoms with van der Waals surface area (Å²) in [6.45, 7) is 47.3. The Balaban J connectivity index is 0.000000148. The van der Waals surface area contributed by atoms with Gasteiger partial charge in [-0.3, -0.25) is 39.9 Å². The summed E-state index contributed by atoms with van der Waals surface area (Å²) < 4.78 is 10.3. The number of hydrogen-bond acceptors (Lipinski definition) is 17. The van der Waals surface area contributed by atoms with E-state index in [2.05, 4.69) is 159 Å². The molecule has 26 nitrogen and oxygen atoms in total. The van der Waals surface area contributed by atoms with E-state index in [1.54, 1.807) is 49.9 Å². The van der Waals surface area contributed by atoms with E-state index in [0.717, 1.165) is 205 Å². The van der Waals surface area contributed by atoms with Gasteiger partial charge in [0.1, 0.15) is 0 Å². The number of aromatic nitrogens is 10. The normalized spacial score (nSPS) is 18.9. The minimum Gasteiger partial charge on any atom is -0.483 e. The van der Waals surface area contributed by atoms with Crippen molar-refractivity contribution in [2.45, 2.75) is 225 Å². The van der Waals surface area contributed by atoms with Crippen molar-refractivity contribution in [3.63, 3.8) is 0 Å². The Labute approximate surface area is 795 Å². The summed E-state index contributed by atoms with van der Waals surface area (Å²) in [7, 11) is 1.65. The monoisotopic (exact) mass is 1900 g/mol. The molecule has 5 aromatic carbocycles. The zero-order valence-corrected chi connectivity index (χ0v) is 83.3.